The summed E-state index contributed by atoms with van der Waals surface area (Å²) >= 11 is 1.45. The molecule has 3 N–H and O–H groups in total. The fraction of sp³-hybridized carbons (Fsp3) is 0.286. The molecule has 5 rings (SSSR count). The number of nitrogens with zero attached hydrogens (tertiary/aromatic N) is 1. The molecule has 9 nitrogen and oxygen atoms in total. The minimum atomic E-state index is -1.01. The predicted octanol–water partition coefficient (Wildman–Crippen LogP) is 5.54. The number of benzene rings is 3. The van der Waals surface area contributed by atoms with E-state index in [1.54, 1.807) is 12.1 Å². The van der Waals surface area contributed by atoms with Gasteiger partial charge in [0, 0.05) is 42.3 Å². The first kappa shape index (κ1) is 32.2. The Morgan fingerprint density at radius 2 is 1.62 bits per heavy atom. The predicted molar refractivity (Wildman–Crippen MR) is 170 cm³/mol. The zero-order valence-corrected chi connectivity index (χ0v) is 25.7. The summed E-state index contributed by atoms with van der Waals surface area (Å²) in [5, 5.41) is 34.0. The normalized spacial score (nSPS) is 19.6. The number of aromatic nitrogens is 1. The number of carboxylic acid groups (broad SMARTS) is 1. The molecule has 1 aliphatic heterocycles. The smallest absolute Gasteiger partial charge is 0.303 e. The summed E-state index contributed by atoms with van der Waals surface area (Å²) in [5.41, 5.74) is 5.46. The van der Waals surface area contributed by atoms with E-state index in [0.29, 0.717) is 10.8 Å². The summed E-state index contributed by atoms with van der Waals surface area (Å²) < 4.78 is 14.0. The number of carboxylic acids is 1. The Morgan fingerprint density at radius 1 is 0.911 bits per heavy atom. The Balaban J connectivity index is 1.35. The number of rotatable bonds is 12. The van der Waals surface area contributed by atoms with Crippen molar-refractivity contribution < 1.29 is 34.0 Å². The number of ether oxygens (including phenoxy) is 2. The zero-order chi connectivity index (χ0) is 31.8. The van der Waals surface area contributed by atoms with E-state index < -0.39 is 12.3 Å². The van der Waals surface area contributed by atoms with Crippen LogP contribution in [0.5, 0.6) is 0 Å². The highest BCUT2D eigenvalue weighted by Crippen LogP contribution is 2.43. The highest BCUT2D eigenvalue weighted by molar-refractivity contribution is 7.99. The van der Waals surface area contributed by atoms with E-state index in [9.17, 15) is 19.9 Å². The lowest BCUT2D eigenvalue weighted by Gasteiger charge is -2.41. The van der Waals surface area contributed by atoms with Crippen molar-refractivity contribution >= 4 is 23.6 Å². The zero-order valence-electron chi connectivity index (χ0n) is 24.9. The van der Waals surface area contributed by atoms with Crippen LogP contribution < -0.4 is 10.0 Å². The Hall–Kier alpha value is -4.22. The molecule has 0 saturated carbocycles. The van der Waals surface area contributed by atoms with Gasteiger partial charge in [-0.2, -0.15) is 4.73 Å². The van der Waals surface area contributed by atoms with Gasteiger partial charge >= 0.3 is 5.97 Å². The van der Waals surface area contributed by atoms with Crippen LogP contribution in [0.3, 0.4) is 0 Å². The molecular formula is C35H36N2O7S. The number of carbonyl (C=O) groups is 2. The van der Waals surface area contributed by atoms with Gasteiger partial charge in [-0.25, -0.2) is 0 Å². The average Bonchev–Trinajstić information content (AvgIpc) is 3.07. The molecule has 1 fully saturated rings. The number of pyridine rings is 1. The summed E-state index contributed by atoms with van der Waals surface area (Å²) in [5.74, 6) is -0.778. The van der Waals surface area contributed by atoms with Crippen LogP contribution in [-0.4, -0.2) is 33.9 Å². The van der Waals surface area contributed by atoms with Gasteiger partial charge in [-0.1, -0.05) is 91.5 Å². The molecule has 0 radical (unpaired) electrons. The summed E-state index contributed by atoms with van der Waals surface area (Å²) in [7, 11) is 0. The highest BCUT2D eigenvalue weighted by atomic mass is 32.2. The maximum atomic E-state index is 12.3. The molecule has 1 saturated heterocycles. The number of aliphatic hydroxyl groups excluding tert-OH is 1. The van der Waals surface area contributed by atoms with Crippen LogP contribution in [0, 0.1) is 11.1 Å². The second-order valence-electron chi connectivity index (χ2n) is 10.9. The molecule has 0 unspecified atom stereocenters. The first-order valence-corrected chi connectivity index (χ1v) is 15.8. The van der Waals surface area contributed by atoms with Crippen LogP contribution in [-0.2, 0) is 32.2 Å². The topological polar surface area (TPSA) is 132 Å². The number of hydrogen-bond acceptors (Lipinski definition) is 7. The van der Waals surface area contributed by atoms with Crippen molar-refractivity contribution in [3.05, 3.63) is 125 Å². The van der Waals surface area contributed by atoms with Crippen molar-refractivity contribution in [1.82, 2.24) is 5.32 Å². The molecule has 0 aliphatic carbocycles. The van der Waals surface area contributed by atoms with Gasteiger partial charge in [-0.05, 0) is 33.9 Å². The van der Waals surface area contributed by atoms with Crippen LogP contribution in [0.2, 0.25) is 0 Å². The van der Waals surface area contributed by atoms with Gasteiger partial charge in [-0.15, -0.1) is 0 Å². The third kappa shape index (κ3) is 8.29. The van der Waals surface area contributed by atoms with Crippen LogP contribution in [0.1, 0.15) is 54.4 Å². The second kappa shape index (κ2) is 15.2. The molecule has 0 spiro atoms. The van der Waals surface area contributed by atoms with Crippen LogP contribution in [0.25, 0.3) is 11.1 Å². The van der Waals surface area contributed by atoms with E-state index >= 15 is 0 Å². The highest BCUT2D eigenvalue weighted by Gasteiger charge is 2.38. The lowest BCUT2D eigenvalue weighted by molar-refractivity contribution is -0.645. The van der Waals surface area contributed by atoms with Gasteiger partial charge < -0.3 is 30.2 Å². The molecular weight excluding hydrogens is 592 g/mol. The maximum Gasteiger partial charge on any atom is 0.303 e. The Labute approximate surface area is 266 Å². The molecule has 10 heteroatoms. The quantitative estimate of drug-likeness (QED) is 0.106. The monoisotopic (exact) mass is 628 g/mol. The third-order valence-electron chi connectivity index (χ3n) is 7.86. The van der Waals surface area contributed by atoms with Crippen molar-refractivity contribution in [3.8, 4) is 11.1 Å². The number of carbonyl (C=O) groups excluding carboxylic acids is 1. The van der Waals surface area contributed by atoms with Crippen molar-refractivity contribution in [2.24, 2.45) is 5.92 Å². The van der Waals surface area contributed by atoms with Crippen LogP contribution in [0.4, 0.5) is 0 Å². The van der Waals surface area contributed by atoms with Gasteiger partial charge in [0.15, 0.2) is 12.5 Å². The van der Waals surface area contributed by atoms with Gasteiger partial charge in [0.2, 0.25) is 5.91 Å². The molecule has 234 valence electrons. The van der Waals surface area contributed by atoms with E-state index in [1.165, 1.54) is 18.0 Å². The average molecular weight is 629 g/mol. The minimum Gasteiger partial charge on any atom is -0.618 e. The molecule has 2 heterocycles. The van der Waals surface area contributed by atoms with Gasteiger partial charge in [0.05, 0.1) is 25.2 Å². The van der Waals surface area contributed by atoms with E-state index in [-0.39, 0.29) is 50.0 Å². The van der Waals surface area contributed by atoms with E-state index in [2.05, 4.69) is 12.2 Å². The Bertz CT molecular complexity index is 1600. The molecule has 1 aliphatic rings. The number of aliphatic carboxylic acids is 1. The maximum absolute atomic E-state index is 12.3. The molecule has 3 aromatic carbocycles. The fourth-order valence-electron chi connectivity index (χ4n) is 5.28. The van der Waals surface area contributed by atoms with E-state index in [4.69, 9.17) is 14.6 Å². The summed E-state index contributed by atoms with van der Waals surface area (Å²) in [4.78, 5) is 22.9. The largest absolute Gasteiger partial charge is 0.618 e. The Kier molecular flexibility index (Phi) is 10.9. The number of aliphatic hydroxyl groups is 1. The number of hydrogen-bond donors (Lipinski definition) is 3. The number of amides is 1. The van der Waals surface area contributed by atoms with Gasteiger partial charge in [0.25, 0.3) is 5.03 Å². The van der Waals surface area contributed by atoms with Gasteiger partial charge in [0.1, 0.15) is 0 Å². The number of thioether (sulfide) groups is 1. The second-order valence-corrected chi connectivity index (χ2v) is 12.0. The first-order chi connectivity index (χ1) is 21.8. The minimum absolute atomic E-state index is 0.0191. The summed E-state index contributed by atoms with van der Waals surface area (Å²) in [6.45, 7) is 2.33. The third-order valence-corrected chi connectivity index (χ3v) is 8.97. The van der Waals surface area contributed by atoms with Crippen molar-refractivity contribution in [3.63, 3.8) is 0 Å². The molecule has 45 heavy (non-hydrogen) atoms. The SMILES string of the molecule is C[C@@H]1[C@H](CSc2cccc[n+]2[O-])O[C@H](c2ccc(-c3ccccc3CNC(=O)CCC(=O)O)cc2)O[C@@H]1c1ccc(CO)cc1. The lowest BCUT2D eigenvalue weighted by atomic mass is 9.91. The van der Waals surface area contributed by atoms with E-state index in [1.807, 2.05) is 78.9 Å². The molecule has 4 atom stereocenters. The lowest BCUT2D eigenvalue weighted by Crippen LogP contribution is -2.39. The molecule has 4 aromatic rings. The first-order valence-electron chi connectivity index (χ1n) is 14.8. The fourth-order valence-corrected chi connectivity index (χ4v) is 6.36. The van der Waals surface area contributed by atoms with Crippen molar-refractivity contribution in [1.29, 1.82) is 0 Å². The molecule has 1 aromatic heterocycles. The summed E-state index contributed by atoms with van der Waals surface area (Å²) in [6.07, 6.45) is 0.0582. The standard InChI is InChI=1S/C35H36N2O7S/c1-23-30(22-45-32-8-4-5-19-37(32)42)43-35(44-34(23)26-11-9-24(21-38)10-12-26)27-15-13-25(14-16-27)29-7-3-2-6-28(29)20-36-31(39)17-18-33(40)41/h2-16,19,23,30,34-35,38H,17-18,20-22H2,1H3,(H,36,39)(H,40,41)/t23-,30+,34+,35+/m1/s1. The summed E-state index contributed by atoms with van der Waals surface area (Å²) in [6, 6.07) is 28.7. The number of nitrogens with one attached hydrogen (secondary N) is 1. The molecule has 1 amide bonds. The van der Waals surface area contributed by atoms with Crippen LogP contribution >= 0.6 is 11.8 Å². The van der Waals surface area contributed by atoms with E-state index in [0.717, 1.165) is 38.1 Å². The van der Waals surface area contributed by atoms with Crippen LogP contribution in [0.15, 0.2) is 102 Å². The molecule has 0 bridgehead atoms. The van der Waals surface area contributed by atoms with Crippen molar-refractivity contribution in [2.75, 3.05) is 5.75 Å². The van der Waals surface area contributed by atoms with Crippen molar-refractivity contribution in [2.45, 2.75) is 56.4 Å². The Morgan fingerprint density at radius 3 is 2.33 bits per heavy atom. The van der Waals surface area contributed by atoms with Gasteiger partial charge in [-0.3, -0.25) is 9.59 Å².